The molecule has 44 heavy (non-hydrogen) atoms. The zero-order valence-corrected chi connectivity index (χ0v) is 25.2. The van der Waals surface area contributed by atoms with Crippen molar-refractivity contribution in [3.8, 4) is 22.3 Å². The van der Waals surface area contributed by atoms with Gasteiger partial charge in [0.05, 0.1) is 21.9 Å². The summed E-state index contributed by atoms with van der Waals surface area (Å²) in [5.74, 6) is 0. The highest BCUT2D eigenvalue weighted by atomic mass is 16.3. The van der Waals surface area contributed by atoms with Crippen molar-refractivity contribution in [1.29, 1.82) is 0 Å². The third kappa shape index (κ3) is 2.43. The molecule has 11 rings (SSSR count). The topological polar surface area (TPSA) is 17.6 Å². The minimum atomic E-state index is -0.0721. The number of fused-ring (bicyclic) bond motifs is 16. The Bertz CT molecular complexity index is 2760. The van der Waals surface area contributed by atoms with Gasteiger partial charge in [-0.1, -0.05) is 94.4 Å². The summed E-state index contributed by atoms with van der Waals surface area (Å²) in [5.41, 5.74) is 16.7. The molecule has 2 aliphatic carbocycles. The van der Waals surface area contributed by atoms with E-state index in [0.29, 0.717) is 0 Å². The molecule has 2 aliphatic rings. The highest BCUT2D eigenvalue weighted by Crippen LogP contribution is 2.55. The van der Waals surface area contributed by atoms with Crippen LogP contribution >= 0.6 is 0 Å². The Morgan fingerprint density at radius 3 is 1.73 bits per heavy atom. The second kappa shape index (κ2) is 7.17. The smallest absolute Gasteiger partial charge is 0.145 e. The SMILES string of the molecule is CC1(C)c2ccccc2-c2cc3c4cc5c6ccccc6oc5c5c6cc7c(cc6n(c3cc21)c45)C(C)(C)c1ccccc1-7. The van der Waals surface area contributed by atoms with E-state index in [1.165, 1.54) is 93.4 Å². The molecule has 0 radical (unpaired) electrons. The number of rotatable bonds is 0. The molecule has 0 atom stereocenters. The van der Waals surface area contributed by atoms with E-state index in [1.807, 2.05) is 0 Å². The molecule has 2 nitrogen and oxygen atoms in total. The number of hydrogen-bond donors (Lipinski definition) is 0. The Morgan fingerprint density at radius 1 is 0.477 bits per heavy atom. The highest BCUT2D eigenvalue weighted by molar-refractivity contribution is 6.33. The highest BCUT2D eigenvalue weighted by Gasteiger charge is 2.38. The number of hydrogen-bond acceptors (Lipinski definition) is 1. The summed E-state index contributed by atoms with van der Waals surface area (Å²) in [4.78, 5) is 0. The van der Waals surface area contributed by atoms with Gasteiger partial charge < -0.3 is 8.82 Å². The Morgan fingerprint density at radius 2 is 1.05 bits per heavy atom. The summed E-state index contributed by atoms with van der Waals surface area (Å²) < 4.78 is 9.30. The molecule has 6 aromatic carbocycles. The van der Waals surface area contributed by atoms with E-state index in [2.05, 4.69) is 135 Å². The Hall–Kier alpha value is -5.08. The minimum Gasteiger partial charge on any atom is -0.455 e. The molecule has 0 unspecified atom stereocenters. The van der Waals surface area contributed by atoms with Gasteiger partial charge in [-0.05, 0) is 80.9 Å². The maximum Gasteiger partial charge on any atom is 0.145 e. The van der Waals surface area contributed by atoms with Crippen LogP contribution in [0.15, 0.2) is 108 Å². The quantitative estimate of drug-likeness (QED) is 0.179. The van der Waals surface area contributed by atoms with Crippen LogP contribution in [0.5, 0.6) is 0 Å². The molecule has 0 saturated carbocycles. The van der Waals surface area contributed by atoms with Crippen LogP contribution in [0.1, 0.15) is 49.9 Å². The first-order valence-electron chi connectivity index (χ1n) is 15.7. The van der Waals surface area contributed by atoms with Crippen molar-refractivity contribution >= 4 is 60.0 Å². The second-order valence-electron chi connectivity index (χ2n) is 14.1. The van der Waals surface area contributed by atoms with E-state index >= 15 is 0 Å². The summed E-state index contributed by atoms with van der Waals surface area (Å²) in [7, 11) is 0. The molecule has 0 amide bonds. The van der Waals surface area contributed by atoms with E-state index in [1.54, 1.807) is 0 Å². The fourth-order valence-corrected chi connectivity index (χ4v) is 9.17. The Labute approximate surface area is 254 Å². The summed E-state index contributed by atoms with van der Waals surface area (Å²) in [5, 5.41) is 7.48. The molecular weight excluding hydrogens is 534 g/mol. The predicted octanol–water partition coefficient (Wildman–Crippen LogP) is 11.3. The normalized spacial score (nSPS) is 16.1. The van der Waals surface area contributed by atoms with Crippen molar-refractivity contribution in [3.05, 3.63) is 125 Å². The molecule has 0 aliphatic heterocycles. The van der Waals surface area contributed by atoms with Crippen LogP contribution in [0.25, 0.3) is 82.3 Å². The molecule has 0 bridgehead atoms. The lowest BCUT2D eigenvalue weighted by Crippen LogP contribution is -2.15. The third-order valence-electron chi connectivity index (χ3n) is 11.3. The maximum atomic E-state index is 6.74. The summed E-state index contributed by atoms with van der Waals surface area (Å²) >= 11 is 0. The Kier molecular flexibility index (Phi) is 3.81. The maximum absolute atomic E-state index is 6.74. The van der Waals surface area contributed by atoms with Crippen molar-refractivity contribution in [3.63, 3.8) is 0 Å². The fraction of sp³-hybridized carbons (Fsp3) is 0.143. The van der Waals surface area contributed by atoms with E-state index < -0.39 is 0 Å². The molecule has 3 aromatic heterocycles. The van der Waals surface area contributed by atoms with Crippen LogP contribution in [0.2, 0.25) is 0 Å². The van der Waals surface area contributed by atoms with Gasteiger partial charge in [-0.25, -0.2) is 0 Å². The lowest BCUT2D eigenvalue weighted by atomic mass is 9.82. The van der Waals surface area contributed by atoms with Crippen molar-refractivity contribution in [2.75, 3.05) is 0 Å². The second-order valence-corrected chi connectivity index (χ2v) is 14.1. The summed E-state index contributed by atoms with van der Waals surface area (Å²) in [6, 6.07) is 38.7. The first-order chi connectivity index (χ1) is 21.3. The average Bonchev–Trinajstić information content (AvgIpc) is 3.78. The number of benzene rings is 6. The van der Waals surface area contributed by atoms with E-state index in [9.17, 15) is 0 Å². The van der Waals surface area contributed by atoms with Crippen LogP contribution in [0.3, 0.4) is 0 Å². The molecule has 0 fully saturated rings. The predicted molar refractivity (Wildman–Crippen MR) is 184 cm³/mol. The molecule has 208 valence electrons. The largest absolute Gasteiger partial charge is 0.455 e. The van der Waals surface area contributed by atoms with E-state index in [0.717, 1.165) is 11.2 Å². The van der Waals surface area contributed by atoms with Gasteiger partial charge in [0.25, 0.3) is 0 Å². The van der Waals surface area contributed by atoms with Gasteiger partial charge in [0.15, 0.2) is 0 Å². The first-order valence-corrected chi connectivity index (χ1v) is 15.7. The van der Waals surface area contributed by atoms with Crippen LogP contribution in [0, 0.1) is 0 Å². The zero-order valence-electron chi connectivity index (χ0n) is 25.2. The van der Waals surface area contributed by atoms with Gasteiger partial charge in [-0.3, -0.25) is 0 Å². The molecule has 0 N–H and O–H groups in total. The van der Waals surface area contributed by atoms with Crippen molar-refractivity contribution < 1.29 is 4.42 Å². The molecule has 0 spiro atoms. The number of nitrogens with zero attached hydrogens (tertiary/aromatic N) is 1. The van der Waals surface area contributed by atoms with Gasteiger partial charge in [0.2, 0.25) is 0 Å². The zero-order chi connectivity index (χ0) is 29.3. The molecule has 2 heteroatoms. The van der Waals surface area contributed by atoms with Crippen molar-refractivity contribution in [2.45, 2.75) is 38.5 Å². The van der Waals surface area contributed by atoms with Crippen molar-refractivity contribution in [1.82, 2.24) is 4.40 Å². The van der Waals surface area contributed by atoms with Gasteiger partial charge in [0.1, 0.15) is 11.2 Å². The monoisotopic (exact) mass is 563 g/mol. The number of furan rings is 1. The average molecular weight is 564 g/mol. The van der Waals surface area contributed by atoms with E-state index in [4.69, 9.17) is 4.42 Å². The lowest BCUT2D eigenvalue weighted by Gasteiger charge is -2.22. The first kappa shape index (κ1) is 23.4. The fourth-order valence-electron chi connectivity index (χ4n) is 9.17. The Balaban J connectivity index is 1.39. The van der Waals surface area contributed by atoms with Gasteiger partial charge >= 0.3 is 0 Å². The van der Waals surface area contributed by atoms with Crippen LogP contribution in [-0.2, 0) is 10.8 Å². The number of aromatic nitrogens is 1. The van der Waals surface area contributed by atoms with Crippen LogP contribution in [0.4, 0.5) is 0 Å². The van der Waals surface area contributed by atoms with Gasteiger partial charge in [-0.2, -0.15) is 0 Å². The molecule has 9 aromatic rings. The van der Waals surface area contributed by atoms with Crippen LogP contribution < -0.4 is 0 Å². The van der Waals surface area contributed by atoms with Gasteiger partial charge in [0, 0.05) is 37.8 Å². The lowest BCUT2D eigenvalue weighted by molar-refractivity contribution is 0.661. The molecule has 3 heterocycles. The third-order valence-corrected chi connectivity index (χ3v) is 11.3. The minimum absolute atomic E-state index is 0.0630. The molecular formula is C42H29NO. The van der Waals surface area contributed by atoms with Crippen molar-refractivity contribution in [2.24, 2.45) is 0 Å². The van der Waals surface area contributed by atoms with E-state index in [-0.39, 0.29) is 10.8 Å². The summed E-state index contributed by atoms with van der Waals surface area (Å²) in [6.45, 7) is 9.50. The molecule has 0 saturated heterocycles. The number of para-hydroxylation sites is 1. The van der Waals surface area contributed by atoms with Gasteiger partial charge in [-0.15, -0.1) is 0 Å². The standard InChI is InChI=1S/C42H29NO/c1-41(2)31-14-8-5-11-22(31)25-17-27-28-19-29-24-13-7-10-16-37(24)44-40(29)38-30-18-26-23-12-6-9-15-32(23)42(3,4)34(26)21-36(30)43(39(28)38)35(27)20-33(25)41/h5-21H,1-4H3. The van der Waals surface area contributed by atoms with Crippen LogP contribution in [-0.4, -0.2) is 4.40 Å². The summed E-state index contributed by atoms with van der Waals surface area (Å²) in [6.07, 6.45) is 0.